The molecule has 0 aliphatic carbocycles. The third-order valence-corrected chi connectivity index (χ3v) is 3.26. The molecule has 0 fully saturated rings. The van der Waals surface area contributed by atoms with Crippen molar-refractivity contribution >= 4 is 8.25 Å². The maximum absolute atomic E-state index is 10.1. The van der Waals surface area contributed by atoms with Crippen LogP contribution in [-0.2, 0) is 9.09 Å². The molecular formula is C12H27KNO3P. The second kappa shape index (κ2) is 18.7. The molecule has 0 radical (unpaired) electrons. The van der Waals surface area contributed by atoms with Crippen molar-refractivity contribution in [2.75, 3.05) is 13.2 Å². The van der Waals surface area contributed by atoms with Gasteiger partial charge in [-0.05, 0) is 19.4 Å². The van der Waals surface area contributed by atoms with E-state index >= 15 is 0 Å². The Morgan fingerprint density at radius 3 is 1.61 bits per heavy atom. The zero-order valence-electron chi connectivity index (χ0n) is 11.8. The molecule has 0 saturated heterocycles. The van der Waals surface area contributed by atoms with Gasteiger partial charge in [-0.1, -0.05) is 51.4 Å². The van der Waals surface area contributed by atoms with Gasteiger partial charge >= 0.3 is 51.4 Å². The van der Waals surface area contributed by atoms with Gasteiger partial charge in [0.05, 0.1) is 6.61 Å². The van der Waals surface area contributed by atoms with Crippen LogP contribution in [-0.4, -0.2) is 13.2 Å². The van der Waals surface area contributed by atoms with Gasteiger partial charge in [-0.25, -0.2) is 0 Å². The van der Waals surface area contributed by atoms with E-state index < -0.39 is 8.25 Å². The van der Waals surface area contributed by atoms with Crippen LogP contribution in [0, 0.1) is 0 Å². The van der Waals surface area contributed by atoms with Crippen molar-refractivity contribution in [3.05, 3.63) is 0 Å². The molecule has 0 rings (SSSR count). The Morgan fingerprint density at radius 1 is 0.833 bits per heavy atom. The largest absolute Gasteiger partial charge is 1.00 e. The van der Waals surface area contributed by atoms with Crippen molar-refractivity contribution in [2.45, 2.75) is 64.2 Å². The van der Waals surface area contributed by atoms with Crippen LogP contribution in [0.2, 0.25) is 0 Å². The van der Waals surface area contributed by atoms with Gasteiger partial charge in [-0.3, -0.25) is 0 Å². The first-order valence-corrected chi connectivity index (χ1v) is 8.03. The van der Waals surface area contributed by atoms with Crippen molar-refractivity contribution in [3.63, 3.8) is 0 Å². The molecule has 6 heteroatoms. The van der Waals surface area contributed by atoms with E-state index in [9.17, 15) is 9.46 Å². The molecule has 1 unspecified atom stereocenters. The number of hydrogen-bond acceptors (Lipinski definition) is 4. The van der Waals surface area contributed by atoms with Gasteiger partial charge in [0, 0.05) is 0 Å². The minimum absolute atomic E-state index is 0. The minimum Gasteiger partial charge on any atom is -0.781 e. The van der Waals surface area contributed by atoms with Crippen molar-refractivity contribution in [2.24, 2.45) is 5.73 Å². The Balaban J connectivity index is 0. The fourth-order valence-electron chi connectivity index (χ4n) is 1.82. The molecule has 0 saturated carbocycles. The zero-order valence-corrected chi connectivity index (χ0v) is 15.9. The summed E-state index contributed by atoms with van der Waals surface area (Å²) in [5, 5.41) is 0. The van der Waals surface area contributed by atoms with Crippen LogP contribution >= 0.6 is 8.25 Å². The van der Waals surface area contributed by atoms with E-state index in [1.165, 1.54) is 44.9 Å². The summed E-state index contributed by atoms with van der Waals surface area (Å²) in [7, 11) is -2.96. The first kappa shape index (κ1) is 22.0. The Kier molecular flexibility index (Phi) is 22.9. The zero-order chi connectivity index (χ0) is 12.8. The van der Waals surface area contributed by atoms with Gasteiger partial charge in [0.1, 0.15) is 8.25 Å². The van der Waals surface area contributed by atoms with Gasteiger partial charge in [0.25, 0.3) is 0 Å². The molecule has 0 heterocycles. The number of hydrogen-bond donors (Lipinski definition) is 1. The summed E-state index contributed by atoms with van der Waals surface area (Å²) in [6.45, 7) is 1.18. The molecule has 4 nitrogen and oxygen atoms in total. The summed E-state index contributed by atoms with van der Waals surface area (Å²) in [5.41, 5.74) is 5.42. The quantitative estimate of drug-likeness (QED) is 0.286. The van der Waals surface area contributed by atoms with Crippen LogP contribution in [0.5, 0.6) is 0 Å². The normalized spacial score (nSPS) is 12.1. The molecule has 104 valence electrons. The van der Waals surface area contributed by atoms with Gasteiger partial charge < -0.3 is 19.7 Å². The SMILES string of the molecule is NCCCCCCCCCCCCO[PH](=O)[O-].[K+]. The van der Waals surface area contributed by atoms with Crippen LogP contribution in [0.4, 0.5) is 0 Å². The summed E-state index contributed by atoms with van der Waals surface area (Å²) in [6.07, 6.45) is 12.0. The van der Waals surface area contributed by atoms with Crippen LogP contribution in [0.25, 0.3) is 0 Å². The molecule has 0 aliphatic heterocycles. The molecule has 18 heavy (non-hydrogen) atoms. The predicted octanol–water partition coefficient (Wildman–Crippen LogP) is -0.383. The molecule has 0 aliphatic rings. The van der Waals surface area contributed by atoms with Crippen molar-refractivity contribution < 1.29 is 65.4 Å². The van der Waals surface area contributed by atoms with Crippen LogP contribution < -0.4 is 62.0 Å². The van der Waals surface area contributed by atoms with Gasteiger partial charge in [0.15, 0.2) is 0 Å². The molecule has 0 aromatic carbocycles. The Labute approximate surface area is 155 Å². The predicted molar refractivity (Wildman–Crippen MR) is 70.2 cm³/mol. The average Bonchev–Trinajstić information content (AvgIpc) is 2.30. The average molecular weight is 303 g/mol. The van der Waals surface area contributed by atoms with E-state index in [4.69, 9.17) is 5.73 Å². The van der Waals surface area contributed by atoms with Gasteiger partial charge in [-0.15, -0.1) is 0 Å². The molecule has 2 N–H and O–H groups in total. The number of rotatable bonds is 13. The van der Waals surface area contributed by atoms with Gasteiger partial charge in [0.2, 0.25) is 0 Å². The molecule has 0 aromatic rings. The van der Waals surface area contributed by atoms with Crippen molar-refractivity contribution in [1.29, 1.82) is 0 Å². The molecule has 1 atom stereocenters. The second-order valence-corrected chi connectivity index (χ2v) is 5.21. The Bertz CT molecular complexity index is 185. The first-order valence-electron chi connectivity index (χ1n) is 6.81. The third-order valence-electron chi connectivity index (χ3n) is 2.82. The maximum atomic E-state index is 10.1. The number of unbranched alkanes of at least 4 members (excludes halogenated alkanes) is 9. The van der Waals surface area contributed by atoms with E-state index in [1.807, 2.05) is 0 Å². The van der Waals surface area contributed by atoms with E-state index in [1.54, 1.807) is 0 Å². The molecular weight excluding hydrogens is 276 g/mol. The third kappa shape index (κ3) is 20.1. The summed E-state index contributed by atoms with van der Waals surface area (Å²) in [6, 6.07) is 0. The van der Waals surface area contributed by atoms with Crippen molar-refractivity contribution in [1.82, 2.24) is 0 Å². The van der Waals surface area contributed by atoms with Crippen LogP contribution in [0.15, 0.2) is 0 Å². The molecule has 0 bridgehead atoms. The molecule has 0 amide bonds. The van der Waals surface area contributed by atoms with Gasteiger partial charge in [-0.2, -0.15) is 0 Å². The number of nitrogens with two attached hydrogens (primary N) is 1. The standard InChI is InChI=1S/C12H28NO3P.K/c13-11-9-7-5-3-1-2-4-6-8-10-12-16-17(14)15;/h17H,1-13H2,(H,14,15);/q;+1/p-1. The van der Waals surface area contributed by atoms with Crippen LogP contribution in [0.3, 0.4) is 0 Å². The van der Waals surface area contributed by atoms with Crippen LogP contribution in [0.1, 0.15) is 64.2 Å². The van der Waals surface area contributed by atoms with E-state index in [2.05, 4.69) is 4.52 Å². The second-order valence-electron chi connectivity index (χ2n) is 4.42. The van der Waals surface area contributed by atoms with E-state index in [0.717, 1.165) is 25.8 Å². The smallest absolute Gasteiger partial charge is 0.781 e. The molecule has 0 spiro atoms. The Morgan fingerprint density at radius 2 is 1.22 bits per heavy atom. The Hall–Kier alpha value is 1.75. The fraction of sp³-hybridized carbons (Fsp3) is 1.00. The monoisotopic (exact) mass is 303 g/mol. The van der Waals surface area contributed by atoms with E-state index in [0.29, 0.717) is 6.61 Å². The maximum Gasteiger partial charge on any atom is 1.00 e. The molecule has 0 aromatic heterocycles. The topological polar surface area (TPSA) is 75.4 Å². The van der Waals surface area contributed by atoms with E-state index in [-0.39, 0.29) is 51.4 Å². The minimum atomic E-state index is -2.96. The summed E-state index contributed by atoms with van der Waals surface area (Å²) in [5.74, 6) is 0. The fourth-order valence-corrected chi connectivity index (χ4v) is 2.13. The summed E-state index contributed by atoms with van der Waals surface area (Å²) in [4.78, 5) is 10.1. The van der Waals surface area contributed by atoms with Crippen molar-refractivity contribution in [3.8, 4) is 0 Å². The summed E-state index contributed by atoms with van der Waals surface area (Å²) < 4.78 is 14.6. The summed E-state index contributed by atoms with van der Waals surface area (Å²) >= 11 is 0. The first-order chi connectivity index (χ1) is 8.27.